The van der Waals surface area contributed by atoms with Gasteiger partial charge in [0, 0.05) is 42.9 Å². The number of fused-ring (bicyclic) bond motifs is 4. The molecule has 2 bridgehead atoms. The van der Waals surface area contributed by atoms with Gasteiger partial charge in [-0.3, -0.25) is 9.59 Å². The van der Waals surface area contributed by atoms with Gasteiger partial charge in [-0.05, 0) is 50.7 Å². The maximum Gasteiger partial charge on any atom is 0.253 e. The standard InChI is InChI=1S/C21H24ClN3O3/c1-23(2)12-18-15-8-14(17-4-3-5-20(27)25(17)18)10-24(11-15)21(28)13-6-7-19(26)16(22)9-13/h3-7,9,14-15,18,26H,8,10-12H2,1-2H3/t14-,15+,18+/m1/s1. The number of likely N-dealkylation sites (tertiary alicyclic amines) is 1. The Kier molecular flexibility index (Phi) is 4.93. The van der Waals surface area contributed by atoms with Crippen molar-refractivity contribution in [3.05, 3.63) is 63.0 Å². The summed E-state index contributed by atoms with van der Waals surface area (Å²) in [6.45, 7) is 1.93. The summed E-state index contributed by atoms with van der Waals surface area (Å²) >= 11 is 5.99. The Bertz CT molecular complexity index is 972. The van der Waals surface area contributed by atoms with E-state index in [-0.39, 0.29) is 40.1 Å². The van der Waals surface area contributed by atoms with Crippen LogP contribution in [0.1, 0.15) is 34.4 Å². The molecule has 0 saturated carbocycles. The van der Waals surface area contributed by atoms with Gasteiger partial charge in [-0.2, -0.15) is 0 Å². The van der Waals surface area contributed by atoms with E-state index < -0.39 is 0 Å². The molecule has 1 saturated heterocycles. The largest absolute Gasteiger partial charge is 0.506 e. The topological polar surface area (TPSA) is 65.8 Å². The molecule has 28 heavy (non-hydrogen) atoms. The molecule has 148 valence electrons. The first-order chi connectivity index (χ1) is 13.3. The number of carbonyl (C=O) groups is 1. The first-order valence-corrected chi connectivity index (χ1v) is 9.87. The molecule has 3 atom stereocenters. The smallest absolute Gasteiger partial charge is 0.253 e. The second-order valence-corrected chi connectivity index (χ2v) is 8.46. The van der Waals surface area contributed by atoms with E-state index in [1.807, 2.05) is 35.7 Å². The molecule has 0 spiro atoms. The van der Waals surface area contributed by atoms with E-state index in [4.69, 9.17) is 11.6 Å². The summed E-state index contributed by atoms with van der Waals surface area (Å²) in [5.41, 5.74) is 1.51. The number of phenolic OH excluding ortho intramolecular Hbond substituents is 1. The number of aromatic nitrogens is 1. The highest BCUT2D eigenvalue weighted by atomic mass is 35.5. The lowest BCUT2D eigenvalue weighted by atomic mass is 9.78. The Morgan fingerprint density at radius 3 is 2.75 bits per heavy atom. The SMILES string of the molecule is CN(C)C[C@H]1[C@H]2C[C@H](CN(C(=O)c3ccc(O)c(Cl)c3)C2)c2cccc(=O)n21. The van der Waals surface area contributed by atoms with Crippen molar-refractivity contribution in [3.8, 4) is 5.75 Å². The van der Waals surface area contributed by atoms with E-state index in [1.165, 1.54) is 12.1 Å². The van der Waals surface area contributed by atoms with Crippen LogP contribution in [0.4, 0.5) is 0 Å². The minimum Gasteiger partial charge on any atom is -0.506 e. The van der Waals surface area contributed by atoms with Crippen molar-refractivity contribution >= 4 is 17.5 Å². The number of hydrogen-bond donors (Lipinski definition) is 1. The first-order valence-electron chi connectivity index (χ1n) is 9.49. The molecule has 6 nitrogen and oxygen atoms in total. The predicted octanol–water partition coefficient (Wildman–Crippen LogP) is 2.57. The molecule has 2 aliphatic heterocycles. The highest BCUT2D eigenvalue weighted by molar-refractivity contribution is 6.32. The molecule has 1 fully saturated rings. The lowest BCUT2D eigenvalue weighted by Crippen LogP contribution is -2.52. The van der Waals surface area contributed by atoms with Gasteiger partial charge >= 0.3 is 0 Å². The zero-order valence-electron chi connectivity index (χ0n) is 16.0. The van der Waals surface area contributed by atoms with Gasteiger partial charge in [-0.25, -0.2) is 0 Å². The number of hydrogen-bond acceptors (Lipinski definition) is 4. The molecule has 7 heteroatoms. The van der Waals surface area contributed by atoms with E-state index in [1.54, 1.807) is 12.1 Å². The molecular formula is C21H24ClN3O3. The number of phenols is 1. The monoisotopic (exact) mass is 401 g/mol. The van der Waals surface area contributed by atoms with Crippen LogP contribution in [0.15, 0.2) is 41.2 Å². The molecule has 2 aliphatic rings. The van der Waals surface area contributed by atoms with Crippen LogP contribution < -0.4 is 5.56 Å². The molecule has 0 unspecified atom stereocenters. The third kappa shape index (κ3) is 3.31. The predicted molar refractivity (Wildman–Crippen MR) is 108 cm³/mol. The number of rotatable bonds is 3. The lowest BCUT2D eigenvalue weighted by Gasteiger charge is -2.47. The van der Waals surface area contributed by atoms with Gasteiger partial charge in [0.1, 0.15) is 5.75 Å². The molecule has 4 rings (SSSR count). The number of amides is 1. The van der Waals surface area contributed by atoms with Crippen LogP contribution in [-0.2, 0) is 0 Å². The second-order valence-electron chi connectivity index (χ2n) is 8.06. The summed E-state index contributed by atoms with van der Waals surface area (Å²) < 4.78 is 1.94. The molecule has 1 aromatic carbocycles. The van der Waals surface area contributed by atoms with Gasteiger partial charge in [-0.1, -0.05) is 17.7 Å². The average molecular weight is 402 g/mol. The van der Waals surface area contributed by atoms with Crippen LogP contribution in [-0.4, -0.2) is 59.1 Å². The molecule has 1 aromatic heterocycles. The second kappa shape index (κ2) is 7.26. The zero-order valence-corrected chi connectivity index (χ0v) is 16.8. The number of aromatic hydroxyl groups is 1. The number of piperidine rings is 1. The van der Waals surface area contributed by atoms with Crippen molar-refractivity contribution in [2.45, 2.75) is 18.4 Å². The highest BCUT2D eigenvalue weighted by Crippen LogP contribution is 2.41. The number of benzene rings is 1. The Labute approximate surface area is 168 Å². The average Bonchev–Trinajstić information content (AvgIpc) is 2.66. The van der Waals surface area contributed by atoms with Crippen molar-refractivity contribution in [1.29, 1.82) is 0 Å². The van der Waals surface area contributed by atoms with Crippen LogP contribution in [0.3, 0.4) is 0 Å². The number of pyridine rings is 1. The Hall–Kier alpha value is -2.31. The quantitative estimate of drug-likeness (QED) is 0.858. The van der Waals surface area contributed by atoms with Gasteiger partial charge in [0.25, 0.3) is 11.5 Å². The molecule has 1 amide bonds. The van der Waals surface area contributed by atoms with Gasteiger partial charge in [0.05, 0.1) is 11.1 Å². The van der Waals surface area contributed by atoms with E-state index in [9.17, 15) is 14.7 Å². The zero-order chi connectivity index (χ0) is 20.0. The first kappa shape index (κ1) is 19.0. The normalized spacial score (nSPS) is 23.6. The number of likely N-dealkylation sites (N-methyl/N-ethyl adjacent to an activating group) is 1. The van der Waals surface area contributed by atoms with Crippen LogP contribution in [0, 0.1) is 5.92 Å². The summed E-state index contributed by atoms with van der Waals surface area (Å²) in [5.74, 6) is 0.230. The number of nitrogens with zero attached hydrogens (tertiary/aromatic N) is 3. The Morgan fingerprint density at radius 1 is 1.25 bits per heavy atom. The maximum atomic E-state index is 13.1. The molecule has 1 N–H and O–H groups in total. The van der Waals surface area contributed by atoms with Crippen LogP contribution in [0.2, 0.25) is 5.02 Å². The summed E-state index contributed by atoms with van der Waals surface area (Å²) in [6, 6.07) is 10.0. The fourth-order valence-corrected chi connectivity index (χ4v) is 4.82. The van der Waals surface area contributed by atoms with Gasteiger partial charge < -0.3 is 19.5 Å². The Morgan fingerprint density at radius 2 is 2.04 bits per heavy atom. The van der Waals surface area contributed by atoms with Crippen molar-refractivity contribution in [1.82, 2.24) is 14.4 Å². The summed E-state index contributed by atoms with van der Waals surface area (Å²) in [5, 5.41) is 9.80. The molecular weight excluding hydrogens is 378 g/mol. The van der Waals surface area contributed by atoms with Gasteiger partial charge in [-0.15, -0.1) is 0 Å². The van der Waals surface area contributed by atoms with Crippen LogP contribution >= 0.6 is 11.6 Å². The fraction of sp³-hybridized carbons (Fsp3) is 0.429. The molecule has 2 aromatic rings. The summed E-state index contributed by atoms with van der Waals surface area (Å²) in [6.07, 6.45) is 0.974. The number of halogens is 1. The van der Waals surface area contributed by atoms with Crippen LogP contribution in [0.25, 0.3) is 0 Å². The molecule has 0 aliphatic carbocycles. The Balaban J connectivity index is 1.69. The van der Waals surface area contributed by atoms with Crippen LogP contribution in [0.5, 0.6) is 5.75 Å². The van der Waals surface area contributed by atoms with E-state index >= 15 is 0 Å². The fourth-order valence-electron chi connectivity index (χ4n) is 4.64. The van der Waals surface area contributed by atoms with Crippen molar-refractivity contribution in [2.24, 2.45) is 5.92 Å². The molecule has 3 heterocycles. The minimum absolute atomic E-state index is 0.0316. The van der Waals surface area contributed by atoms with Crippen molar-refractivity contribution in [2.75, 3.05) is 33.7 Å². The van der Waals surface area contributed by atoms with Crippen molar-refractivity contribution < 1.29 is 9.90 Å². The van der Waals surface area contributed by atoms with E-state index in [0.29, 0.717) is 18.7 Å². The summed E-state index contributed by atoms with van der Waals surface area (Å²) in [7, 11) is 4.01. The minimum atomic E-state index is -0.0908. The molecule has 0 radical (unpaired) electrons. The van der Waals surface area contributed by atoms with E-state index in [0.717, 1.165) is 18.7 Å². The highest BCUT2D eigenvalue weighted by Gasteiger charge is 2.42. The van der Waals surface area contributed by atoms with E-state index in [2.05, 4.69) is 4.90 Å². The maximum absolute atomic E-state index is 13.1. The third-order valence-electron chi connectivity index (χ3n) is 5.83. The lowest BCUT2D eigenvalue weighted by molar-refractivity contribution is 0.0498. The third-order valence-corrected chi connectivity index (χ3v) is 6.14. The summed E-state index contributed by atoms with van der Waals surface area (Å²) in [4.78, 5) is 29.7. The van der Waals surface area contributed by atoms with Crippen molar-refractivity contribution in [3.63, 3.8) is 0 Å². The number of carbonyl (C=O) groups excluding carboxylic acids is 1. The van der Waals surface area contributed by atoms with Gasteiger partial charge in [0.15, 0.2) is 0 Å². The van der Waals surface area contributed by atoms with Gasteiger partial charge in [0.2, 0.25) is 0 Å².